The summed E-state index contributed by atoms with van der Waals surface area (Å²) in [6.07, 6.45) is 0. The number of aryl methyl sites for hydroxylation is 1. The average molecular weight is 307 g/mol. The Bertz CT molecular complexity index is 671. The number of carboxylic acids is 1. The van der Waals surface area contributed by atoms with E-state index < -0.39 is 22.3 Å². The van der Waals surface area contributed by atoms with Crippen molar-refractivity contribution in [3.05, 3.63) is 63.5 Å². The highest BCUT2D eigenvalue weighted by Gasteiger charge is 2.14. The van der Waals surface area contributed by atoms with Crippen LogP contribution in [0.2, 0.25) is 0 Å². The predicted octanol–water partition coefficient (Wildman–Crippen LogP) is 3.89. The maximum absolute atomic E-state index is 13.3. The number of aromatic carboxylic acids is 1. The van der Waals surface area contributed by atoms with E-state index in [0.29, 0.717) is 15.4 Å². The van der Waals surface area contributed by atoms with Crippen molar-refractivity contribution < 1.29 is 19.2 Å². The lowest BCUT2D eigenvalue weighted by Gasteiger charge is -2.05. The number of halogens is 1. The molecule has 108 valence electrons. The molecule has 0 aliphatic carbocycles. The summed E-state index contributed by atoms with van der Waals surface area (Å²) in [5.74, 6) is -2.17. The third kappa shape index (κ3) is 3.38. The van der Waals surface area contributed by atoms with Gasteiger partial charge in [-0.3, -0.25) is 10.1 Å². The molecule has 0 saturated carbocycles. The number of hydrogen-bond acceptors (Lipinski definition) is 4. The van der Waals surface area contributed by atoms with Crippen LogP contribution in [0, 0.1) is 22.9 Å². The molecule has 0 heterocycles. The Morgan fingerprint density at radius 1 is 1.24 bits per heavy atom. The third-order valence-corrected chi connectivity index (χ3v) is 3.76. The fraction of sp³-hybridized carbons (Fsp3) is 0.0714. The molecule has 0 atom stereocenters. The zero-order valence-electron chi connectivity index (χ0n) is 10.9. The molecule has 0 fully saturated rings. The highest BCUT2D eigenvalue weighted by molar-refractivity contribution is 7.99. The van der Waals surface area contributed by atoms with Gasteiger partial charge in [0.1, 0.15) is 5.82 Å². The number of rotatable bonds is 4. The normalized spacial score (nSPS) is 10.4. The van der Waals surface area contributed by atoms with Crippen LogP contribution in [0.5, 0.6) is 0 Å². The lowest BCUT2D eigenvalue weighted by molar-refractivity contribution is -0.385. The van der Waals surface area contributed by atoms with E-state index in [0.717, 1.165) is 17.8 Å². The molecule has 7 heteroatoms. The second-order valence-corrected chi connectivity index (χ2v) is 5.40. The molecule has 0 aliphatic heterocycles. The van der Waals surface area contributed by atoms with Crippen LogP contribution in [0.25, 0.3) is 0 Å². The molecule has 0 amide bonds. The first-order valence-corrected chi connectivity index (χ1v) is 6.66. The fourth-order valence-electron chi connectivity index (χ4n) is 1.72. The van der Waals surface area contributed by atoms with Gasteiger partial charge in [-0.25, -0.2) is 9.18 Å². The van der Waals surface area contributed by atoms with E-state index in [1.807, 2.05) is 0 Å². The van der Waals surface area contributed by atoms with E-state index in [-0.39, 0.29) is 5.69 Å². The van der Waals surface area contributed by atoms with Gasteiger partial charge in [-0.2, -0.15) is 0 Å². The van der Waals surface area contributed by atoms with E-state index >= 15 is 0 Å². The van der Waals surface area contributed by atoms with Crippen molar-refractivity contribution >= 4 is 23.4 Å². The van der Waals surface area contributed by atoms with Gasteiger partial charge in [0.15, 0.2) is 0 Å². The van der Waals surface area contributed by atoms with Gasteiger partial charge in [0, 0.05) is 21.4 Å². The first kappa shape index (κ1) is 15.0. The van der Waals surface area contributed by atoms with Crippen molar-refractivity contribution in [2.24, 2.45) is 0 Å². The van der Waals surface area contributed by atoms with Crippen molar-refractivity contribution in [2.45, 2.75) is 16.7 Å². The Morgan fingerprint density at radius 3 is 2.48 bits per heavy atom. The summed E-state index contributed by atoms with van der Waals surface area (Å²) in [7, 11) is 0. The van der Waals surface area contributed by atoms with Crippen molar-refractivity contribution in [1.82, 2.24) is 0 Å². The molecular formula is C14H10FNO4S. The number of nitrogens with zero attached hydrogens (tertiary/aromatic N) is 1. The van der Waals surface area contributed by atoms with Gasteiger partial charge in [0.2, 0.25) is 0 Å². The number of nitro benzene ring substituents is 1. The quantitative estimate of drug-likeness (QED) is 0.684. The van der Waals surface area contributed by atoms with Crippen LogP contribution in [0.3, 0.4) is 0 Å². The van der Waals surface area contributed by atoms with Crippen molar-refractivity contribution in [3.63, 3.8) is 0 Å². The van der Waals surface area contributed by atoms with Gasteiger partial charge in [-0.05, 0) is 31.2 Å². The highest BCUT2D eigenvalue weighted by Crippen LogP contribution is 2.32. The Kier molecular flexibility index (Phi) is 4.23. The summed E-state index contributed by atoms with van der Waals surface area (Å²) in [5.41, 5.74) is 0.0943. The molecule has 0 saturated heterocycles. The second-order valence-electron chi connectivity index (χ2n) is 4.25. The Labute approximate surface area is 123 Å². The molecule has 2 aromatic rings. The summed E-state index contributed by atoms with van der Waals surface area (Å²) in [6.45, 7) is 1.63. The van der Waals surface area contributed by atoms with E-state index in [1.54, 1.807) is 19.1 Å². The molecule has 2 rings (SSSR count). The van der Waals surface area contributed by atoms with Gasteiger partial charge < -0.3 is 5.11 Å². The molecule has 0 bridgehead atoms. The average Bonchev–Trinajstić information content (AvgIpc) is 2.42. The molecule has 0 unspecified atom stereocenters. The van der Waals surface area contributed by atoms with Crippen LogP contribution >= 0.6 is 11.8 Å². The molecule has 0 aromatic heterocycles. The summed E-state index contributed by atoms with van der Waals surface area (Å²) in [4.78, 5) is 22.4. The van der Waals surface area contributed by atoms with Crippen LogP contribution in [-0.4, -0.2) is 16.0 Å². The van der Waals surface area contributed by atoms with Crippen LogP contribution in [0.4, 0.5) is 10.1 Å². The summed E-state index contributed by atoms with van der Waals surface area (Å²) in [6, 6.07) is 8.41. The lowest BCUT2D eigenvalue weighted by Crippen LogP contribution is -2.00. The van der Waals surface area contributed by atoms with Crippen molar-refractivity contribution in [2.75, 3.05) is 0 Å². The molecule has 2 aromatic carbocycles. The van der Waals surface area contributed by atoms with Crippen molar-refractivity contribution in [3.8, 4) is 0 Å². The van der Waals surface area contributed by atoms with Crippen LogP contribution in [0.1, 0.15) is 15.9 Å². The molecule has 0 spiro atoms. The zero-order chi connectivity index (χ0) is 15.6. The topological polar surface area (TPSA) is 80.4 Å². The van der Waals surface area contributed by atoms with Gasteiger partial charge >= 0.3 is 5.97 Å². The largest absolute Gasteiger partial charge is 0.478 e. The predicted molar refractivity (Wildman–Crippen MR) is 75.3 cm³/mol. The van der Waals surface area contributed by atoms with Crippen molar-refractivity contribution in [1.29, 1.82) is 0 Å². The summed E-state index contributed by atoms with van der Waals surface area (Å²) < 4.78 is 13.3. The van der Waals surface area contributed by atoms with Crippen LogP contribution in [-0.2, 0) is 0 Å². The van der Waals surface area contributed by atoms with Gasteiger partial charge in [0.05, 0.1) is 10.5 Å². The zero-order valence-corrected chi connectivity index (χ0v) is 11.7. The Balaban J connectivity index is 2.34. The van der Waals surface area contributed by atoms with Gasteiger partial charge in [-0.15, -0.1) is 0 Å². The van der Waals surface area contributed by atoms with Gasteiger partial charge in [-0.1, -0.05) is 17.8 Å². The first-order chi connectivity index (χ1) is 9.88. The van der Waals surface area contributed by atoms with Crippen LogP contribution < -0.4 is 0 Å². The number of carbonyl (C=O) groups is 1. The molecule has 1 N–H and O–H groups in total. The molecular weight excluding hydrogens is 297 g/mol. The maximum atomic E-state index is 13.3. The minimum absolute atomic E-state index is 0.0134. The smallest absolute Gasteiger partial charge is 0.338 e. The fourth-order valence-corrected chi connectivity index (χ4v) is 2.61. The minimum Gasteiger partial charge on any atom is -0.478 e. The SMILES string of the molecule is Cc1ccc(Sc2ccc(F)c(C(=O)O)c2)cc1[N+](=O)[O-]. The molecule has 0 aliphatic rings. The standard InChI is InChI=1S/C14H10FNO4S/c1-8-2-3-10(7-13(8)16(19)20)21-9-4-5-12(15)11(6-9)14(17)18/h2-7H,1H3,(H,17,18). The second kappa shape index (κ2) is 5.92. The van der Waals surface area contributed by atoms with E-state index in [2.05, 4.69) is 0 Å². The minimum atomic E-state index is -1.36. The summed E-state index contributed by atoms with van der Waals surface area (Å²) in [5, 5.41) is 19.8. The number of nitro groups is 1. The van der Waals surface area contributed by atoms with E-state index in [4.69, 9.17) is 5.11 Å². The van der Waals surface area contributed by atoms with E-state index in [1.165, 1.54) is 18.2 Å². The van der Waals surface area contributed by atoms with E-state index in [9.17, 15) is 19.3 Å². The number of carboxylic acid groups (broad SMARTS) is 1. The Morgan fingerprint density at radius 2 is 1.86 bits per heavy atom. The van der Waals surface area contributed by atoms with Crippen LogP contribution in [0.15, 0.2) is 46.2 Å². The molecule has 5 nitrogen and oxygen atoms in total. The first-order valence-electron chi connectivity index (χ1n) is 5.84. The number of benzene rings is 2. The molecule has 0 radical (unpaired) electrons. The summed E-state index contributed by atoms with van der Waals surface area (Å²) >= 11 is 1.13. The number of hydrogen-bond donors (Lipinski definition) is 1. The Hall–Kier alpha value is -2.41. The molecule has 21 heavy (non-hydrogen) atoms. The monoisotopic (exact) mass is 307 g/mol. The van der Waals surface area contributed by atoms with Gasteiger partial charge in [0.25, 0.3) is 5.69 Å². The lowest BCUT2D eigenvalue weighted by atomic mass is 10.2. The third-order valence-electron chi connectivity index (χ3n) is 2.78. The maximum Gasteiger partial charge on any atom is 0.338 e. The highest BCUT2D eigenvalue weighted by atomic mass is 32.2.